The van der Waals surface area contributed by atoms with Crippen molar-refractivity contribution in [2.75, 3.05) is 31.1 Å². The summed E-state index contributed by atoms with van der Waals surface area (Å²) in [6, 6.07) is 6.33. The minimum absolute atomic E-state index is 0.0242. The third-order valence-corrected chi connectivity index (χ3v) is 5.15. The number of hydrazine groups is 1. The minimum atomic E-state index is -0.423. The smallest absolute Gasteiger partial charge is 0.421 e. The number of nitrogens with zero attached hydrogens (tertiary/aromatic N) is 2. The van der Waals surface area contributed by atoms with Crippen molar-refractivity contribution in [3.8, 4) is 0 Å². The van der Waals surface area contributed by atoms with Gasteiger partial charge in [0.1, 0.15) is 0 Å². The highest BCUT2D eigenvalue weighted by Crippen LogP contribution is 2.46. The highest BCUT2D eigenvalue weighted by Gasteiger charge is 2.45. The van der Waals surface area contributed by atoms with Gasteiger partial charge in [0.25, 0.3) is 0 Å². The molecular weight excluding hydrogens is 294 g/mol. The lowest BCUT2D eigenvalue weighted by Gasteiger charge is -2.43. The molecule has 0 saturated carbocycles. The van der Waals surface area contributed by atoms with Crippen LogP contribution in [0.15, 0.2) is 18.2 Å². The molecule has 1 fully saturated rings. The predicted molar refractivity (Wildman–Crippen MR) is 85.1 cm³/mol. The van der Waals surface area contributed by atoms with E-state index in [1.54, 1.807) is 6.92 Å². The number of carbonyl (C=O) groups excluding carboxylic acids is 2. The van der Waals surface area contributed by atoms with E-state index in [1.165, 1.54) is 11.1 Å². The molecule has 6 nitrogen and oxygen atoms in total. The van der Waals surface area contributed by atoms with E-state index in [1.807, 2.05) is 9.91 Å². The zero-order valence-electron chi connectivity index (χ0n) is 13.2. The second kappa shape index (κ2) is 5.53. The lowest BCUT2D eigenvalue weighted by molar-refractivity contribution is -0.125. The van der Waals surface area contributed by atoms with Gasteiger partial charge in [0, 0.05) is 31.5 Å². The maximum absolute atomic E-state index is 12.8. The number of fused-ring (bicyclic) bond motifs is 2. The normalized spacial score (nSPS) is 25.8. The Kier molecular flexibility index (Phi) is 3.49. The number of piperidine rings is 1. The van der Waals surface area contributed by atoms with Gasteiger partial charge >= 0.3 is 6.09 Å². The fourth-order valence-electron chi connectivity index (χ4n) is 4.16. The van der Waals surface area contributed by atoms with Gasteiger partial charge in [-0.05, 0) is 30.9 Å². The summed E-state index contributed by atoms with van der Waals surface area (Å²) in [6.45, 7) is 4.27. The number of hydrogen-bond donors (Lipinski definition) is 1. The SMILES string of the molecule is CCOC(=O)NN1CC[C@@H]2C(=O)N3CCc4cccc(c43)[C@H]2C1. The van der Waals surface area contributed by atoms with Crippen LogP contribution in [0.4, 0.5) is 10.5 Å². The third-order valence-electron chi connectivity index (χ3n) is 5.15. The molecule has 3 heterocycles. The van der Waals surface area contributed by atoms with Crippen molar-refractivity contribution in [1.82, 2.24) is 10.4 Å². The highest BCUT2D eigenvalue weighted by atomic mass is 16.6. The van der Waals surface area contributed by atoms with Crippen LogP contribution in [-0.2, 0) is 16.0 Å². The summed E-state index contributed by atoms with van der Waals surface area (Å²) in [5, 5.41) is 1.89. The van der Waals surface area contributed by atoms with Crippen molar-refractivity contribution in [2.24, 2.45) is 5.92 Å². The molecule has 0 spiro atoms. The van der Waals surface area contributed by atoms with Crippen molar-refractivity contribution in [3.63, 3.8) is 0 Å². The average molecular weight is 315 g/mol. The molecule has 1 saturated heterocycles. The number of para-hydroxylation sites is 1. The van der Waals surface area contributed by atoms with Gasteiger partial charge in [-0.25, -0.2) is 9.80 Å². The van der Waals surface area contributed by atoms with E-state index in [4.69, 9.17) is 4.74 Å². The van der Waals surface area contributed by atoms with Gasteiger partial charge in [-0.2, -0.15) is 0 Å². The summed E-state index contributed by atoms with van der Waals surface area (Å²) < 4.78 is 4.95. The zero-order valence-corrected chi connectivity index (χ0v) is 13.2. The fourth-order valence-corrected chi connectivity index (χ4v) is 4.16. The number of ether oxygens (including phenoxy) is 1. The molecule has 122 valence electrons. The summed E-state index contributed by atoms with van der Waals surface area (Å²) in [4.78, 5) is 26.4. The minimum Gasteiger partial charge on any atom is -0.449 e. The van der Waals surface area contributed by atoms with Crippen molar-refractivity contribution in [3.05, 3.63) is 29.3 Å². The maximum atomic E-state index is 12.8. The Labute approximate surface area is 135 Å². The first-order chi connectivity index (χ1) is 11.2. The summed E-state index contributed by atoms with van der Waals surface area (Å²) in [6.07, 6.45) is 1.28. The van der Waals surface area contributed by atoms with Gasteiger partial charge in [-0.3, -0.25) is 10.2 Å². The van der Waals surface area contributed by atoms with E-state index >= 15 is 0 Å². The van der Waals surface area contributed by atoms with Gasteiger partial charge in [-0.15, -0.1) is 0 Å². The van der Waals surface area contributed by atoms with Crippen LogP contribution in [-0.4, -0.2) is 43.3 Å². The van der Waals surface area contributed by atoms with Crippen LogP contribution in [0.25, 0.3) is 0 Å². The molecule has 1 aromatic rings. The Hall–Kier alpha value is -2.08. The first-order valence-electron chi connectivity index (χ1n) is 8.30. The number of benzene rings is 1. The van der Waals surface area contributed by atoms with Crippen LogP contribution >= 0.6 is 0 Å². The monoisotopic (exact) mass is 315 g/mol. The summed E-state index contributed by atoms with van der Waals surface area (Å²) in [7, 11) is 0. The van der Waals surface area contributed by atoms with Crippen molar-refractivity contribution in [2.45, 2.75) is 25.7 Å². The Morgan fingerprint density at radius 1 is 1.35 bits per heavy atom. The predicted octanol–water partition coefficient (Wildman–Crippen LogP) is 1.66. The molecular formula is C17H21N3O3. The van der Waals surface area contributed by atoms with Crippen LogP contribution in [0.2, 0.25) is 0 Å². The van der Waals surface area contributed by atoms with Crippen LogP contribution in [0.5, 0.6) is 0 Å². The molecule has 4 rings (SSSR count). The number of anilines is 1. The van der Waals surface area contributed by atoms with E-state index in [0.717, 1.165) is 25.1 Å². The standard InChI is InChI=1S/C17H21N3O3/c1-2-23-17(22)18-19-8-7-13-14(10-19)12-5-3-4-11-6-9-20(15(11)12)16(13)21/h3-5,13-14H,2,6-10H2,1H3,(H,18,22)/t13-,14+/m0/s1. The number of carbonyl (C=O) groups is 2. The van der Waals surface area contributed by atoms with E-state index in [9.17, 15) is 9.59 Å². The number of hydrogen-bond acceptors (Lipinski definition) is 4. The number of amides is 2. The summed E-state index contributed by atoms with van der Waals surface area (Å²) >= 11 is 0. The van der Waals surface area contributed by atoms with Gasteiger partial charge in [0.15, 0.2) is 0 Å². The summed E-state index contributed by atoms with van der Waals surface area (Å²) in [5.41, 5.74) is 6.43. The molecule has 1 aromatic carbocycles. The van der Waals surface area contributed by atoms with Crippen molar-refractivity contribution >= 4 is 17.7 Å². The van der Waals surface area contributed by atoms with Crippen LogP contribution in [0.1, 0.15) is 30.4 Å². The molecule has 0 aromatic heterocycles. The van der Waals surface area contributed by atoms with Gasteiger partial charge in [0.2, 0.25) is 5.91 Å². The van der Waals surface area contributed by atoms with Crippen LogP contribution in [0.3, 0.4) is 0 Å². The molecule has 23 heavy (non-hydrogen) atoms. The van der Waals surface area contributed by atoms with Crippen molar-refractivity contribution in [1.29, 1.82) is 0 Å². The Morgan fingerprint density at radius 3 is 3.04 bits per heavy atom. The molecule has 3 aliphatic heterocycles. The largest absolute Gasteiger partial charge is 0.449 e. The highest BCUT2D eigenvalue weighted by molar-refractivity contribution is 6.01. The molecule has 3 aliphatic rings. The molecule has 0 unspecified atom stereocenters. The molecule has 2 atom stereocenters. The first kappa shape index (κ1) is 14.5. The third kappa shape index (κ3) is 2.28. The molecule has 0 bridgehead atoms. The second-order valence-corrected chi connectivity index (χ2v) is 6.37. The topological polar surface area (TPSA) is 61.9 Å². The number of rotatable bonds is 2. The molecule has 6 heteroatoms. The van der Waals surface area contributed by atoms with Crippen LogP contribution < -0.4 is 10.3 Å². The molecule has 1 N–H and O–H groups in total. The molecule has 0 aliphatic carbocycles. The summed E-state index contributed by atoms with van der Waals surface area (Å²) in [5.74, 6) is 0.418. The Bertz CT molecular complexity index is 660. The van der Waals surface area contributed by atoms with Crippen LogP contribution in [0, 0.1) is 5.92 Å². The van der Waals surface area contributed by atoms with Crippen molar-refractivity contribution < 1.29 is 14.3 Å². The van der Waals surface area contributed by atoms with E-state index in [2.05, 4.69) is 23.6 Å². The fraction of sp³-hybridized carbons (Fsp3) is 0.529. The first-order valence-corrected chi connectivity index (χ1v) is 8.30. The van der Waals surface area contributed by atoms with Gasteiger partial charge in [0.05, 0.1) is 12.3 Å². The maximum Gasteiger partial charge on any atom is 0.421 e. The Balaban J connectivity index is 1.61. The van der Waals surface area contributed by atoms with E-state index in [-0.39, 0.29) is 17.7 Å². The van der Waals surface area contributed by atoms with Gasteiger partial charge in [-0.1, -0.05) is 18.2 Å². The number of nitrogens with one attached hydrogen (secondary N) is 1. The zero-order chi connectivity index (χ0) is 16.0. The van der Waals surface area contributed by atoms with E-state index < -0.39 is 6.09 Å². The second-order valence-electron chi connectivity index (χ2n) is 6.37. The Morgan fingerprint density at radius 2 is 2.22 bits per heavy atom. The average Bonchev–Trinajstić information content (AvgIpc) is 2.98. The molecule has 0 radical (unpaired) electrons. The quantitative estimate of drug-likeness (QED) is 0.901. The lowest BCUT2D eigenvalue weighted by atomic mass is 9.76. The van der Waals surface area contributed by atoms with Gasteiger partial charge < -0.3 is 9.64 Å². The van der Waals surface area contributed by atoms with E-state index in [0.29, 0.717) is 19.7 Å². The lowest BCUT2D eigenvalue weighted by Crippen LogP contribution is -2.54. The molecule has 2 amide bonds.